The minimum Gasteiger partial charge on any atom is -0.316 e. The summed E-state index contributed by atoms with van der Waals surface area (Å²) in [5.41, 5.74) is 6.26. The zero-order chi connectivity index (χ0) is 12.4. The van der Waals surface area contributed by atoms with Crippen LogP contribution in [0, 0.1) is 5.82 Å². The van der Waals surface area contributed by atoms with Gasteiger partial charge in [0.2, 0.25) is 0 Å². The van der Waals surface area contributed by atoms with E-state index in [9.17, 15) is 4.39 Å². The normalized spacial score (nSPS) is 15.2. The lowest BCUT2D eigenvalue weighted by Gasteiger charge is -2.29. The lowest BCUT2D eigenvalue weighted by molar-refractivity contribution is 0.306. The molecule has 0 spiro atoms. The lowest BCUT2D eigenvalue weighted by Crippen LogP contribution is -2.35. The van der Waals surface area contributed by atoms with Crippen LogP contribution in [0.5, 0.6) is 0 Å². The van der Waals surface area contributed by atoms with Crippen LogP contribution in [0.3, 0.4) is 0 Å². The minimum atomic E-state index is -0.323. The smallest absolute Gasteiger partial charge is 0.165 e. The molecule has 18 heavy (non-hydrogen) atoms. The highest BCUT2D eigenvalue weighted by molar-refractivity contribution is 5.42. The second-order valence-corrected chi connectivity index (χ2v) is 4.41. The maximum atomic E-state index is 13.5. The van der Waals surface area contributed by atoms with E-state index >= 15 is 0 Å². The monoisotopic (exact) mass is 243 g/mol. The highest BCUT2D eigenvalue weighted by atomic mass is 19.1. The van der Waals surface area contributed by atoms with Crippen LogP contribution in [0.25, 0.3) is 0 Å². The van der Waals surface area contributed by atoms with E-state index in [4.69, 9.17) is 0 Å². The summed E-state index contributed by atoms with van der Waals surface area (Å²) in [5.74, 6) is -0.323. The fourth-order valence-corrected chi connectivity index (χ4v) is 2.23. The maximum Gasteiger partial charge on any atom is 0.165 e. The van der Waals surface area contributed by atoms with Gasteiger partial charge < -0.3 is 5.43 Å². The van der Waals surface area contributed by atoms with Crippen molar-refractivity contribution in [3.63, 3.8) is 0 Å². The number of rotatable bonds is 2. The SMILES string of the molecule is Fc1cnccc1NN1CCc2ccccc2C1. The first-order valence-corrected chi connectivity index (χ1v) is 6.01. The Morgan fingerprint density at radius 3 is 2.83 bits per heavy atom. The predicted molar refractivity (Wildman–Crippen MR) is 68.4 cm³/mol. The molecule has 0 fully saturated rings. The van der Waals surface area contributed by atoms with E-state index in [1.54, 1.807) is 12.3 Å². The van der Waals surface area contributed by atoms with Crippen molar-refractivity contribution in [1.82, 2.24) is 9.99 Å². The van der Waals surface area contributed by atoms with Crippen molar-refractivity contribution in [2.24, 2.45) is 0 Å². The molecular weight excluding hydrogens is 229 g/mol. The predicted octanol–water partition coefficient (Wildman–Crippen LogP) is 2.61. The van der Waals surface area contributed by atoms with E-state index in [2.05, 4.69) is 28.6 Å². The van der Waals surface area contributed by atoms with Gasteiger partial charge in [-0.25, -0.2) is 9.40 Å². The molecule has 1 aliphatic rings. The summed E-state index contributed by atoms with van der Waals surface area (Å²) in [6.07, 6.45) is 3.79. The Morgan fingerprint density at radius 2 is 2.00 bits per heavy atom. The number of halogens is 1. The van der Waals surface area contributed by atoms with Gasteiger partial charge >= 0.3 is 0 Å². The highest BCUT2D eigenvalue weighted by Crippen LogP contribution is 2.20. The van der Waals surface area contributed by atoms with Crippen LogP contribution < -0.4 is 5.43 Å². The van der Waals surface area contributed by atoms with Crippen LogP contribution in [-0.4, -0.2) is 16.5 Å². The largest absolute Gasteiger partial charge is 0.316 e. The van der Waals surface area contributed by atoms with Crippen LogP contribution in [0.15, 0.2) is 42.7 Å². The number of hydrogen-bond donors (Lipinski definition) is 1. The van der Waals surface area contributed by atoms with Crippen molar-refractivity contribution < 1.29 is 4.39 Å². The molecule has 0 unspecified atom stereocenters. The zero-order valence-electron chi connectivity index (χ0n) is 9.94. The van der Waals surface area contributed by atoms with Crippen LogP contribution in [0.1, 0.15) is 11.1 Å². The van der Waals surface area contributed by atoms with E-state index in [0.717, 1.165) is 19.5 Å². The van der Waals surface area contributed by atoms with Gasteiger partial charge in [0.15, 0.2) is 5.82 Å². The average Bonchev–Trinajstić information content (AvgIpc) is 2.41. The van der Waals surface area contributed by atoms with Gasteiger partial charge in [0, 0.05) is 19.3 Å². The summed E-state index contributed by atoms with van der Waals surface area (Å²) in [5, 5.41) is 2.03. The molecule has 3 rings (SSSR count). The van der Waals surface area contributed by atoms with Crippen LogP contribution in [0.4, 0.5) is 10.1 Å². The number of hydrazine groups is 1. The molecule has 4 heteroatoms. The van der Waals surface area contributed by atoms with Crippen molar-refractivity contribution in [2.45, 2.75) is 13.0 Å². The van der Waals surface area contributed by atoms with E-state index in [1.807, 2.05) is 11.1 Å². The number of benzene rings is 1. The lowest BCUT2D eigenvalue weighted by atomic mass is 10.0. The van der Waals surface area contributed by atoms with Gasteiger partial charge in [-0.15, -0.1) is 0 Å². The summed E-state index contributed by atoms with van der Waals surface area (Å²) in [4.78, 5) is 3.74. The van der Waals surface area contributed by atoms with Crippen molar-refractivity contribution in [2.75, 3.05) is 12.0 Å². The first kappa shape index (κ1) is 11.2. The Labute approximate surface area is 105 Å². The second-order valence-electron chi connectivity index (χ2n) is 4.41. The Kier molecular flexibility index (Phi) is 2.94. The number of aromatic nitrogens is 1. The van der Waals surface area contributed by atoms with Crippen molar-refractivity contribution >= 4 is 5.69 Å². The summed E-state index contributed by atoms with van der Waals surface area (Å²) in [6, 6.07) is 10.0. The molecule has 1 aromatic carbocycles. The molecule has 1 N–H and O–H groups in total. The van der Waals surface area contributed by atoms with Gasteiger partial charge in [0.05, 0.1) is 11.9 Å². The highest BCUT2D eigenvalue weighted by Gasteiger charge is 2.16. The molecule has 0 radical (unpaired) electrons. The fraction of sp³-hybridized carbons (Fsp3) is 0.214. The standard InChI is InChI=1S/C14H14FN3/c15-13-9-16-7-5-14(13)17-18-8-6-11-3-1-2-4-12(11)10-18/h1-5,7,9H,6,8,10H2,(H,16,17). The maximum absolute atomic E-state index is 13.5. The second kappa shape index (κ2) is 4.74. The van der Waals surface area contributed by atoms with Gasteiger partial charge in [-0.05, 0) is 23.6 Å². The number of pyridine rings is 1. The van der Waals surface area contributed by atoms with Crippen molar-refractivity contribution in [3.05, 3.63) is 59.7 Å². The van der Waals surface area contributed by atoms with Crippen molar-refractivity contribution in [3.8, 4) is 0 Å². The molecule has 0 saturated heterocycles. The number of nitrogens with one attached hydrogen (secondary N) is 1. The molecule has 3 nitrogen and oxygen atoms in total. The topological polar surface area (TPSA) is 28.2 Å². The van der Waals surface area contributed by atoms with Crippen LogP contribution in [0.2, 0.25) is 0 Å². The molecule has 2 heterocycles. The van der Waals surface area contributed by atoms with E-state index in [-0.39, 0.29) is 5.82 Å². The Morgan fingerprint density at radius 1 is 1.17 bits per heavy atom. The summed E-state index contributed by atoms with van der Waals surface area (Å²) < 4.78 is 13.5. The first-order chi connectivity index (χ1) is 8.83. The molecule has 0 amide bonds. The molecule has 0 saturated carbocycles. The molecule has 1 aliphatic heterocycles. The zero-order valence-corrected chi connectivity index (χ0v) is 9.94. The van der Waals surface area contributed by atoms with Gasteiger partial charge in [0.25, 0.3) is 0 Å². The molecule has 2 aromatic rings. The third kappa shape index (κ3) is 2.19. The molecule has 0 bridgehead atoms. The van der Waals surface area contributed by atoms with Gasteiger partial charge in [-0.1, -0.05) is 24.3 Å². The Bertz CT molecular complexity index is 556. The minimum absolute atomic E-state index is 0.323. The Balaban J connectivity index is 1.75. The summed E-state index contributed by atoms with van der Waals surface area (Å²) in [7, 11) is 0. The number of hydrogen-bond acceptors (Lipinski definition) is 3. The van der Waals surface area contributed by atoms with E-state index < -0.39 is 0 Å². The number of fused-ring (bicyclic) bond motifs is 1. The van der Waals surface area contributed by atoms with Crippen molar-refractivity contribution in [1.29, 1.82) is 0 Å². The third-order valence-corrected chi connectivity index (χ3v) is 3.18. The quantitative estimate of drug-likeness (QED) is 0.878. The van der Waals surface area contributed by atoms with Crippen LogP contribution in [-0.2, 0) is 13.0 Å². The van der Waals surface area contributed by atoms with E-state index in [1.165, 1.54) is 17.3 Å². The van der Waals surface area contributed by atoms with E-state index in [0.29, 0.717) is 5.69 Å². The summed E-state index contributed by atoms with van der Waals surface area (Å²) in [6.45, 7) is 1.66. The number of anilines is 1. The molecular formula is C14H14FN3. The number of nitrogens with zero attached hydrogens (tertiary/aromatic N) is 2. The average molecular weight is 243 g/mol. The van der Waals surface area contributed by atoms with Crippen LogP contribution >= 0.6 is 0 Å². The molecule has 92 valence electrons. The van der Waals surface area contributed by atoms with Gasteiger partial charge in [-0.3, -0.25) is 4.98 Å². The fourth-order valence-electron chi connectivity index (χ4n) is 2.23. The molecule has 0 aliphatic carbocycles. The third-order valence-electron chi connectivity index (χ3n) is 3.18. The van der Waals surface area contributed by atoms with Gasteiger partial charge in [0.1, 0.15) is 0 Å². The Hall–Kier alpha value is -1.94. The molecule has 1 aromatic heterocycles. The van der Waals surface area contributed by atoms with Gasteiger partial charge in [-0.2, -0.15) is 0 Å². The molecule has 0 atom stereocenters. The summed E-state index contributed by atoms with van der Waals surface area (Å²) >= 11 is 0. The first-order valence-electron chi connectivity index (χ1n) is 6.01.